The van der Waals surface area contributed by atoms with Crippen molar-refractivity contribution in [2.45, 2.75) is 34.6 Å². The quantitative estimate of drug-likeness (QED) is 0.649. The number of hydrogen-bond donors (Lipinski definition) is 1. The Morgan fingerprint density at radius 1 is 0.684 bits per heavy atom. The molecule has 1 heteroatoms. The molecular weight excluding hydrogens is 248 g/mol. The molecule has 0 atom stereocenters. The Hall–Kier alpha value is -1.21. The van der Waals surface area contributed by atoms with E-state index in [-0.39, 0.29) is 0 Å². The van der Waals surface area contributed by atoms with Crippen LogP contribution in [0.2, 0.25) is 0 Å². The first-order valence-electron chi connectivity index (χ1n) is 6.75. The van der Waals surface area contributed by atoms with Gasteiger partial charge in [0, 0.05) is 0 Å². The van der Waals surface area contributed by atoms with Crippen molar-refractivity contribution in [1.82, 2.24) is 0 Å². The first-order chi connectivity index (χ1) is 8.99. The molecule has 0 radical (unpaired) electrons. The third-order valence-electron chi connectivity index (χ3n) is 3.35. The fraction of sp³-hybridized carbons (Fsp3) is 0.333. The number of rotatable bonds is 1. The van der Waals surface area contributed by atoms with Crippen LogP contribution in [-0.4, -0.2) is 5.75 Å². The number of aryl methyl sites for hydroxylation is 4. The lowest BCUT2D eigenvalue weighted by Gasteiger charge is -2.08. The van der Waals surface area contributed by atoms with E-state index < -0.39 is 0 Å². The SMILES string of the molecule is CCS.Cc1ccc(-c2ccc(C)c(C)c2)cc1C. The fourth-order valence-corrected chi connectivity index (χ4v) is 1.84. The zero-order valence-corrected chi connectivity index (χ0v) is 13.5. The highest BCUT2D eigenvalue weighted by Gasteiger charge is 2.01. The Balaban J connectivity index is 0.000000550. The Morgan fingerprint density at radius 2 is 1.00 bits per heavy atom. The van der Waals surface area contributed by atoms with E-state index in [1.807, 2.05) is 6.92 Å². The maximum absolute atomic E-state index is 3.79. The lowest BCUT2D eigenvalue weighted by molar-refractivity contribution is 1.32. The lowest BCUT2D eigenvalue weighted by Crippen LogP contribution is -1.86. The minimum atomic E-state index is 0.944. The van der Waals surface area contributed by atoms with Gasteiger partial charge in [-0.1, -0.05) is 43.3 Å². The summed E-state index contributed by atoms with van der Waals surface area (Å²) in [6.07, 6.45) is 0. The maximum Gasteiger partial charge on any atom is -0.0126 e. The highest BCUT2D eigenvalue weighted by atomic mass is 32.1. The van der Waals surface area contributed by atoms with E-state index >= 15 is 0 Å². The molecule has 0 aliphatic heterocycles. The second-order valence-corrected chi connectivity index (χ2v) is 5.55. The minimum Gasteiger partial charge on any atom is -0.180 e. The molecule has 0 saturated heterocycles. The van der Waals surface area contributed by atoms with Crippen molar-refractivity contribution in [3.8, 4) is 11.1 Å². The molecule has 0 saturated carbocycles. The summed E-state index contributed by atoms with van der Waals surface area (Å²) >= 11 is 3.79. The maximum atomic E-state index is 3.79. The Labute approximate surface area is 123 Å². The summed E-state index contributed by atoms with van der Waals surface area (Å²) in [7, 11) is 0. The molecule has 0 aromatic heterocycles. The van der Waals surface area contributed by atoms with Crippen LogP contribution in [-0.2, 0) is 0 Å². The Kier molecular flexibility index (Phi) is 6.17. The number of benzene rings is 2. The van der Waals surface area contributed by atoms with Crippen molar-refractivity contribution in [1.29, 1.82) is 0 Å². The van der Waals surface area contributed by atoms with Gasteiger partial charge in [-0.2, -0.15) is 12.6 Å². The Morgan fingerprint density at radius 3 is 1.26 bits per heavy atom. The third kappa shape index (κ3) is 4.43. The topological polar surface area (TPSA) is 0 Å². The van der Waals surface area contributed by atoms with E-state index in [2.05, 4.69) is 76.7 Å². The first kappa shape index (κ1) is 15.8. The largest absolute Gasteiger partial charge is 0.180 e. The lowest BCUT2D eigenvalue weighted by atomic mass is 9.98. The van der Waals surface area contributed by atoms with E-state index in [9.17, 15) is 0 Å². The summed E-state index contributed by atoms with van der Waals surface area (Å²) in [6.45, 7) is 10.6. The fourth-order valence-electron chi connectivity index (χ4n) is 1.84. The van der Waals surface area contributed by atoms with Gasteiger partial charge in [-0.3, -0.25) is 0 Å². The average molecular weight is 272 g/mol. The zero-order chi connectivity index (χ0) is 14.4. The van der Waals surface area contributed by atoms with Gasteiger partial charge >= 0.3 is 0 Å². The van der Waals surface area contributed by atoms with Crippen LogP contribution in [0.1, 0.15) is 29.2 Å². The monoisotopic (exact) mass is 272 g/mol. The first-order valence-corrected chi connectivity index (χ1v) is 7.38. The minimum absolute atomic E-state index is 0.944. The predicted molar refractivity (Wildman–Crippen MR) is 90.4 cm³/mol. The van der Waals surface area contributed by atoms with Gasteiger partial charge in [-0.05, 0) is 66.8 Å². The molecule has 0 N–H and O–H groups in total. The molecule has 0 unspecified atom stereocenters. The summed E-state index contributed by atoms with van der Waals surface area (Å²) in [6, 6.07) is 13.3. The average Bonchev–Trinajstić information content (AvgIpc) is 2.37. The molecule has 0 fully saturated rings. The highest BCUT2D eigenvalue weighted by molar-refractivity contribution is 7.80. The van der Waals surface area contributed by atoms with Crippen LogP contribution < -0.4 is 0 Å². The van der Waals surface area contributed by atoms with E-state index in [1.165, 1.54) is 33.4 Å². The van der Waals surface area contributed by atoms with E-state index in [1.54, 1.807) is 0 Å². The zero-order valence-electron chi connectivity index (χ0n) is 12.6. The van der Waals surface area contributed by atoms with Crippen LogP contribution >= 0.6 is 12.6 Å². The van der Waals surface area contributed by atoms with Gasteiger partial charge in [0.1, 0.15) is 0 Å². The van der Waals surface area contributed by atoms with Crippen LogP contribution in [0.15, 0.2) is 36.4 Å². The molecular formula is C18H24S. The predicted octanol–water partition coefficient (Wildman–Crippen LogP) is 5.52. The molecule has 0 nitrogen and oxygen atoms in total. The van der Waals surface area contributed by atoms with Crippen molar-refractivity contribution in [2.75, 3.05) is 5.75 Å². The second-order valence-electron chi connectivity index (χ2n) is 4.91. The highest BCUT2D eigenvalue weighted by Crippen LogP contribution is 2.24. The van der Waals surface area contributed by atoms with Gasteiger partial charge in [0.05, 0.1) is 0 Å². The van der Waals surface area contributed by atoms with Crippen molar-refractivity contribution in [3.05, 3.63) is 58.7 Å². The molecule has 2 aromatic rings. The molecule has 0 aliphatic rings. The second kappa shape index (κ2) is 7.40. The summed E-state index contributed by atoms with van der Waals surface area (Å²) in [5, 5.41) is 0. The van der Waals surface area contributed by atoms with Crippen molar-refractivity contribution in [2.24, 2.45) is 0 Å². The van der Waals surface area contributed by atoms with Crippen LogP contribution in [0.4, 0.5) is 0 Å². The number of thiol groups is 1. The van der Waals surface area contributed by atoms with E-state index in [4.69, 9.17) is 0 Å². The smallest absolute Gasteiger partial charge is 0.0126 e. The third-order valence-corrected chi connectivity index (χ3v) is 3.35. The van der Waals surface area contributed by atoms with Crippen LogP contribution in [0.25, 0.3) is 11.1 Å². The molecule has 2 aromatic carbocycles. The normalized spacial score (nSPS) is 9.79. The molecule has 0 spiro atoms. The standard InChI is InChI=1S/C16H18.C2H6S/c1-11-5-7-15(9-13(11)3)16-8-6-12(2)14(4)10-16;1-2-3/h5-10H,1-4H3;3H,2H2,1H3. The molecule has 0 bridgehead atoms. The van der Waals surface area contributed by atoms with E-state index in [0.29, 0.717) is 0 Å². The summed E-state index contributed by atoms with van der Waals surface area (Å²) in [4.78, 5) is 0. The van der Waals surface area contributed by atoms with E-state index in [0.717, 1.165) is 5.75 Å². The molecule has 0 aliphatic carbocycles. The van der Waals surface area contributed by atoms with Crippen LogP contribution in [0.3, 0.4) is 0 Å². The van der Waals surface area contributed by atoms with Gasteiger partial charge < -0.3 is 0 Å². The molecule has 2 rings (SSSR count). The number of hydrogen-bond acceptors (Lipinski definition) is 1. The molecule has 0 heterocycles. The summed E-state index contributed by atoms with van der Waals surface area (Å²) in [5.74, 6) is 0.944. The van der Waals surface area contributed by atoms with Crippen molar-refractivity contribution in [3.63, 3.8) is 0 Å². The van der Waals surface area contributed by atoms with Gasteiger partial charge in [0.15, 0.2) is 0 Å². The van der Waals surface area contributed by atoms with Gasteiger partial charge in [-0.15, -0.1) is 0 Å². The van der Waals surface area contributed by atoms with Gasteiger partial charge in [0.25, 0.3) is 0 Å². The van der Waals surface area contributed by atoms with Gasteiger partial charge in [0.2, 0.25) is 0 Å². The van der Waals surface area contributed by atoms with Crippen LogP contribution in [0, 0.1) is 27.7 Å². The Bertz CT molecular complexity index is 492. The van der Waals surface area contributed by atoms with Crippen LogP contribution in [0.5, 0.6) is 0 Å². The van der Waals surface area contributed by atoms with Crippen molar-refractivity contribution >= 4 is 12.6 Å². The molecule has 19 heavy (non-hydrogen) atoms. The van der Waals surface area contributed by atoms with Gasteiger partial charge in [-0.25, -0.2) is 0 Å². The summed E-state index contributed by atoms with van der Waals surface area (Å²) in [5.41, 5.74) is 8.05. The summed E-state index contributed by atoms with van der Waals surface area (Å²) < 4.78 is 0. The van der Waals surface area contributed by atoms with Crippen molar-refractivity contribution < 1.29 is 0 Å². The molecule has 0 amide bonds. The molecule has 102 valence electrons.